The van der Waals surface area contributed by atoms with Gasteiger partial charge in [-0.1, -0.05) is 12.1 Å². The van der Waals surface area contributed by atoms with Crippen molar-refractivity contribution in [1.29, 1.82) is 5.26 Å². The minimum absolute atomic E-state index is 0.000675. The summed E-state index contributed by atoms with van der Waals surface area (Å²) in [7, 11) is 1.87. The maximum atomic E-state index is 14.3. The third-order valence-electron chi connectivity index (χ3n) is 8.67. The number of benzene rings is 2. The summed E-state index contributed by atoms with van der Waals surface area (Å²) in [6, 6.07) is 12.6. The Morgan fingerprint density at radius 2 is 2.02 bits per heavy atom. The largest absolute Gasteiger partial charge is 0.416 e. The molecule has 2 fully saturated rings. The van der Waals surface area contributed by atoms with Crippen molar-refractivity contribution in [2.24, 2.45) is 13.0 Å². The molecule has 2 aromatic carbocycles. The first-order chi connectivity index (χ1) is 19.6. The number of alkyl halides is 3. The predicted octanol–water partition coefficient (Wildman–Crippen LogP) is 4.63. The molecule has 1 saturated carbocycles. The Kier molecular flexibility index (Phi) is 6.86. The summed E-state index contributed by atoms with van der Waals surface area (Å²) in [5, 5.41) is 17.7. The Labute approximate surface area is 236 Å². The molecule has 214 valence electrons. The average molecular weight is 565 g/mol. The van der Waals surface area contributed by atoms with E-state index < -0.39 is 17.6 Å². The molecule has 0 bridgehead atoms. The number of anilines is 1. The number of aromatic nitrogens is 3. The van der Waals surface area contributed by atoms with Crippen LogP contribution in [-0.2, 0) is 42.9 Å². The second kappa shape index (κ2) is 10.3. The van der Waals surface area contributed by atoms with Gasteiger partial charge in [0.05, 0.1) is 30.9 Å². The molecular formula is C30H31F3N6O2. The molecule has 11 heteroatoms. The lowest BCUT2D eigenvalue weighted by Crippen LogP contribution is -2.43. The maximum Gasteiger partial charge on any atom is 0.416 e. The average Bonchev–Trinajstić information content (AvgIpc) is 3.47. The summed E-state index contributed by atoms with van der Waals surface area (Å²) in [4.78, 5) is 17.2. The maximum absolute atomic E-state index is 14.3. The number of amides is 1. The standard InChI is InChI=1S/C30H31F3N6O2/c1-19-15-38(6-7-41-19)16-20-8-24-25(26(9-20)30(31,32)33)17-39(28(24)40)23-5-3-4-22(10-23)29(11-21(12-29)14-34)13-27-36-35-18-37(27)2/h3-5,8-10,18-19,21H,6-7,11-13,15-17H2,1-2H3/t19-,21-,29-/m1/s1. The molecule has 0 unspecified atom stereocenters. The van der Waals surface area contributed by atoms with Gasteiger partial charge in [-0.2, -0.15) is 18.4 Å². The zero-order valence-electron chi connectivity index (χ0n) is 23.0. The molecule has 0 N–H and O–H groups in total. The zero-order chi connectivity index (χ0) is 28.9. The highest BCUT2D eigenvalue weighted by Crippen LogP contribution is 2.50. The van der Waals surface area contributed by atoms with Crippen LogP contribution in [0.2, 0.25) is 0 Å². The van der Waals surface area contributed by atoms with E-state index >= 15 is 0 Å². The van der Waals surface area contributed by atoms with Crippen molar-refractivity contribution in [3.8, 4) is 6.07 Å². The van der Waals surface area contributed by atoms with Crippen molar-refractivity contribution in [3.05, 3.63) is 76.4 Å². The van der Waals surface area contributed by atoms with Gasteiger partial charge in [-0.25, -0.2) is 0 Å². The van der Waals surface area contributed by atoms with Gasteiger partial charge in [0.25, 0.3) is 5.91 Å². The second-order valence-corrected chi connectivity index (χ2v) is 11.6. The van der Waals surface area contributed by atoms with Crippen LogP contribution in [0.3, 0.4) is 0 Å². The van der Waals surface area contributed by atoms with Crippen LogP contribution in [0, 0.1) is 17.2 Å². The molecule has 1 saturated heterocycles. The normalized spacial score (nSPS) is 24.7. The van der Waals surface area contributed by atoms with Crippen LogP contribution in [0.25, 0.3) is 0 Å². The van der Waals surface area contributed by atoms with Gasteiger partial charge >= 0.3 is 6.18 Å². The van der Waals surface area contributed by atoms with Crippen molar-refractivity contribution >= 4 is 11.6 Å². The molecule has 1 amide bonds. The summed E-state index contributed by atoms with van der Waals surface area (Å²) in [5.74, 6) is 0.256. The van der Waals surface area contributed by atoms with Gasteiger partial charge in [0.15, 0.2) is 0 Å². The van der Waals surface area contributed by atoms with Gasteiger partial charge in [-0.05, 0) is 60.7 Å². The summed E-state index contributed by atoms with van der Waals surface area (Å²) in [6.07, 6.45) is -1.12. The summed E-state index contributed by atoms with van der Waals surface area (Å²) < 4.78 is 50.2. The third-order valence-corrected chi connectivity index (χ3v) is 8.67. The quantitative estimate of drug-likeness (QED) is 0.434. The number of aryl methyl sites for hydroxylation is 1. The fourth-order valence-corrected chi connectivity index (χ4v) is 6.54. The van der Waals surface area contributed by atoms with Crippen molar-refractivity contribution in [3.63, 3.8) is 0 Å². The van der Waals surface area contributed by atoms with Crippen LogP contribution < -0.4 is 4.90 Å². The van der Waals surface area contributed by atoms with Gasteiger partial charge in [-0.3, -0.25) is 9.69 Å². The number of carbonyl (C=O) groups excluding carboxylic acids is 1. The smallest absolute Gasteiger partial charge is 0.376 e. The van der Waals surface area contributed by atoms with Gasteiger partial charge in [0.1, 0.15) is 12.2 Å². The van der Waals surface area contributed by atoms with E-state index in [1.165, 1.54) is 11.0 Å². The van der Waals surface area contributed by atoms with Crippen LogP contribution in [0.15, 0.2) is 42.7 Å². The van der Waals surface area contributed by atoms with Crippen LogP contribution >= 0.6 is 0 Å². The molecule has 2 aliphatic heterocycles. The first-order valence-electron chi connectivity index (χ1n) is 13.8. The molecule has 1 aliphatic carbocycles. The highest BCUT2D eigenvalue weighted by Gasteiger charge is 2.47. The molecule has 0 radical (unpaired) electrons. The lowest BCUT2D eigenvalue weighted by atomic mass is 9.57. The van der Waals surface area contributed by atoms with Crippen molar-refractivity contribution in [2.75, 3.05) is 24.6 Å². The fraction of sp³-hybridized carbons (Fsp3) is 0.467. The number of hydrogen-bond donors (Lipinski definition) is 0. The van der Waals surface area contributed by atoms with Crippen LogP contribution in [0.4, 0.5) is 18.9 Å². The molecule has 41 heavy (non-hydrogen) atoms. The molecule has 1 aromatic heterocycles. The van der Waals surface area contributed by atoms with Crippen molar-refractivity contribution in [1.82, 2.24) is 19.7 Å². The Morgan fingerprint density at radius 3 is 2.71 bits per heavy atom. The highest BCUT2D eigenvalue weighted by atomic mass is 19.4. The molecule has 1 atom stereocenters. The lowest BCUT2D eigenvalue weighted by molar-refractivity contribution is -0.138. The summed E-state index contributed by atoms with van der Waals surface area (Å²) in [5.41, 5.74) is 0.927. The molecule has 3 aliphatic rings. The van der Waals surface area contributed by atoms with Gasteiger partial charge in [0, 0.05) is 55.7 Å². The van der Waals surface area contributed by atoms with E-state index in [4.69, 9.17) is 4.74 Å². The molecular weight excluding hydrogens is 533 g/mol. The molecule has 6 rings (SSSR count). The Morgan fingerprint density at radius 1 is 1.22 bits per heavy atom. The number of ether oxygens (including phenoxy) is 1. The highest BCUT2D eigenvalue weighted by molar-refractivity contribution is 6.10. The van der Waals surface area contributed by atoms with E-state index in [1.807, 2.05) is 36.7 Å². The number of hydrogen-bond acceptors (Lipinski definition) is 6. The lowest BCUT2D eigenvalue weighted by Gasteiger charge is -2.45. The number of carbonyl (C=O) groups is 1. The van der Waals surface area contributed by atoms with Gasteiger partial charge in [-0.15, -0.1) is 10.2 Å². The first kappa shape index (κ1) is 27.4. The topological polar surface area (TPSA) is 87.3 Å². The molecule has 3 heterocycles. The number of nitrogens with zero attached hydrogens (tertiary/aromatic N) is 6. The summed E-state index contributed by atoms with van der Waals surface area (Å²) in [6.45, 7) is 3.86. The first-order valence-corrected chi connectivity index (χ1v) is 13.8. The van der Waals surface area contributed by atoms with Crippen LogP contribution in [-0.4, -0.2) is 51.4 Å². The SMILES string of the molecule is C[C@@H]1CN(Cc2cc3c(c(C(F)(F)F)c2)CN(c2cccc([C@]4(Cc5nncn5C)C[C@@H](C#N)C4)c2)C3=O)CCO1. The second-order valence-electron chi connectivity index (χ2n) is 11.6. The Balaban J connectivity index is 1.32. The zero-order valence-corrected chi connectivity index (χ0v) is 23.0. The van der Waals surface area contributed by atoms with Gasteiger partial charge in [0.2, 0.25) is 0 Å². The van der Waals surface area contributed by atoms with E-state index in [-0.39, 0.29) is 35.1 Å². The van der Waals surface area contributed by atoms with E-state index in [2.05, 4.69) is 21.2 Å². The fourth-order valence-electron chi connectivity index (χ4n) is 6.54. The molecule has 3 aromatic rings. The molecule has 0 spiro atoms. The van der Waals surface area contributed by atoms with E-state index in [0.29, 0.717) is 56.8 Å². The van der Waals surface area contributed by atoms with E-state index in [9.17, 15) is 23.2 Å². The Bertz CT molecular complexity index is 1520. The van der Waals surface area contributed by atoms with Crippen molar-refractivity contribution in [2.45, 2.75) is 57.0 Å². The van der Waals surface area contributed by atoms with Crippen LogP contribution in [0.1, 0.15) is 58.2 Å². The number of rotatable bonds is 6. The van der Waals surface area contributed by atoms with Crippen molar-refractivity contribution < 1.29 is 22.7 Å². The monoisotopic (exact) mass is 564 g/mol. The number of morpholine rings is 1. The molecule has 8 nitrogen and oxygen atoms in total. The Hall–Kier alpha value is -3.75. The van der Waals surface area contributed by atoms with E-state index in [1.54, 1.807) is 18.5 Å². The summed E-state index contributed by atoms with van der Waals surface area (Å²) >= 11 is 0. The number of fused-ring (bicyclic) bond motifs is 1. The van der Waals surface area contributed by atoms with Gasteiger partial charge < -0.3 is 14.2 Å². The minimum Gasteiger partial charge on any atom is -0.376 e. The van der Waals surface area contributed by atoms with E-state index in [0.717, 1.165) is 11.4 Å². The number of nitriles is 1. The van der Waals surface area contributed by atoms with Crippen LogP contribution in [0.5, 0.6) is 0 Å². The minimum atomic E-state index is -4.59. The third kappa shape index (κ3) is 5.11. The number of halogens is 3. The predicted molar refractivity (Wildman–Crippen MR) is 144 cm³/mol.